The number of ether oxygens (including phenoxy) is 1. The summed E-state index contributed by atoms with van der Waals surface area (Å²) >= 11 is 0. The van der Waals surface area contributed by atoms with Gasteiger partial charge in [0.25, 0.3) is 0 Å². The monoisotopic (exact) mass is 185 g/mol. The second kappa shape index (κ2) is 3.20. The molecule has 1 aromatic rings. The third kappa shape index (κ3) is 1.56. The lowest BCUT2D eigenvalue weighted by molar-refractivity contribution is 0.320. The van der Waals surface area contributed by atoms with Crippen LogP contribution in [0.25, 0.3) is 0 Å². The molecule has 0 radical (unpaired) electrons. The normalized spacial score (nSPS) is 15.2. The third-order valence-corrected chi connectivity index (χ3v) is 1.90. The molecule has 1 aliphatic rings. The maximum Gasteiger partial charge on any atom is 0.153 e. The molecule has 0 atom stereocenters. The summed E-state index contributed by atoms with van der Waals surface area (Å²) in [4.78, 5) is 0. The molecule has 0 unspecified atom stereocenters. The van der Waals surface area contributed by atoms with Crippen LogP contribution in [0, 0.1) is 11.6 Å². The zero-order valence-electron chi connectivity index (χ0n) is 6.94. The fourth-order valence-electron chi connectivity index (χ4n) is 1.30. The van der Waals surface area contributed by atoms with Gasteiger partial charge in [0.05, 0.1) is 6.61 Å². The average molecular weight is 185 g/mol. The number of hydrogen-bond acceptors (Lipinski definition) is 2. The van der Waals surface area contributed by atoms with Crippen molar-refractivity contribution in [2.45, 2.75) is 6.42 Å². The first-order chi connectivity index (χ1) is 6.27. The van der Waals surface area contributed by atoms with Crippen LogP contribution < -0.4 is 10.1 Å². The van der Waals surface area contributed by atoms with Gasteiger partial charge >= 0.3 is 0 Å². The molecule has 13 heavy (non-hydrogen) atoms. The Kier molecular flexibility index (Phi) is 2.04. The Labute approximate surface area is 74.5 Å². The highest BCUT2D eigenvalue weighted by Gasteiger charge is 2.14. The van der Waals surface area contributed by atoms with Crippen LogP contribution >= 0.6 is 0 Å². The van der Waals surface area contributed by atoms with Crippen LogP contribution in [0.1, 0.15) is 6.42 Å². The van der Waals surface area contributed by atoms with Gasteiger partial charge in [-0.25, -0.2) is 8.78 Å². The van der Waals surface area contributed by atoms with Crippen LogP contribution in [-0.2, 0) is 0 Å². The number of hydrogen-bond donors (Lipinski definition) is 1. The molecule has 0 amide bonds. The lowest BCUT2D eigenvalue weighted by atomic mass is 10.2. The molecule has 0 saturated heterocycles. The molecule has 1 aliphatic heterocycles. The van der Waals surface area contributed by atoms with Crippen molar-refractivity contribution in [3.8, 4) is 5.75 Å². The molecular weight excluding hydrogens is 176 g/mol. The Bertz CT molecular complexity index is 328. The molecule has 70 valence electrons. The van der Waals surface area contributed by atoms with Crippen LogP contribution in [0.3, 0.4) is 0 Å². The largest absolute Gasteiger partial charge is 0.491 e. The van der Waals surface area contributed by atoms with Crippen molar-refractivity contribution in [3.05, 3.63) is 23.8 Å². The van der Waals surface area contributed by atoms with Gasteiger partial charge in [-0.3, -0.25) is 0 Å². The summed E-state index contributed by atoms with van der Waals surface area (Å²) in [5, 5.41) is 2.85. The maximum atomic E-state index is 13.1. The lowest BCUT2D eigenvalue weighted by Crippen LogP contribution is -2.01. The molecule has 0 spiro atoms. The smallest absolute Gasteiger partial charge is 0.153 e. The van der Waals surface area contributed by atoms with E-state index in [1.807, 2.05) is 0 Å². The van der Waals surface area contributed by atoms with Crippen molar-refractivity contribution >= 4 is 5.69 Å². The summed E-state index contributed by atoms with van der Waals surface area (Å²) < 4.78 is 31.0. The summed E-state index contributed by atoms with van der Waals surface area (Å²) in [5.74, 6) is -0.952. The predicted octanol–water partition coefficient (Wildman–Crippen LogP) is 2.16. The number of halogens is 2. The van der Waals surface area contributed by atoms with Crippen LogP contribution in [0.2, 0.25) is 0 Å². The molecule has 1 N–H and O–H groups in total. The molecule has 4 heteroatoms. The zero-order chi connectivity index (χ0) is 9.26. The van der Waals surface area contributed by atoms with E-state index < -0.39 is 11.6 Å². The van der Waals surface area contributed by atoms with Crippen molar-refractivity contribution in [1.29, 1.82) is 0 Å². The molecule has 1 aromatic carbocycles. The van der Waals surface area contributed by atoms with E-state index in [2.05, 4.69) is 5.32 Å². The van der Waals surface area contributed by atoms with E-state index in [9.17, 15) is 8.78 Å². The van der Waals surface area contributed by atoms with Crippen molar-refractivity contribution in [2.75, 3.05) is 18.5 Å². The van der Waals surface area contributed by atoms with E-state index >= 15 is 0 Å². The fraction of sp³-hybridized carbons (Fsp3) is 0.333. The summed E-state index contributed by atoms with van der Waals surface area (Å²) in [7, 11) is 0. The van der Waals surface area contributed by atoms with E-state index in [4.69, 9.17) is 4.74 Å². The average Bonchev–Trinajstić information content (AvgIpc) is 2.28. The second-order valence-electron chi connectivity index (χ2n) is 2.89. The van der Waals surface area contributed by atoms with E-state index in [1.54, 1.807) is 0 Å². The standard InChI is InChI=1S/C9H9F2NO/c10-6-4-7(11)9-8(5-6)13-3-1-2-12-9/h4-5,12H,1-3H2. The Balaban J connectivity index is 2.47. The van der Waals surface area contributed by atoms with Crippen molar-refractivity contribution in [2.24, 2.45) is 0 Å². The number of benzene rings is 1. The Hall–Kier alpha value is -1.32. The molecule has 0 bridgehead atoms. The number of fused-ring (bicyclic) bond motifs is 1. The molecule has 0 saturated carbocycles. The van der Waals surface area contributed by atoms with Crippen LogP contribution in [-0.4, -0.2) is 13.2 Å². The van der Waals surface area contributed by atoms with Gasteiger partial charge in [0, 0.05) is 18.7 Å². The summed E-state index contributed by atoms with van der Waals surface area (Å²) in [6.45, 7) is 1.14. The van der Waals surface area contributed by atoms with E-state index in [-0.39, 0.29) is 11.4 Å². The lowest BCUT2D eigenvalue weighted by Gasteiger charge is -2.08. The van der Waals surface area contributed by atoms with Gasteiger partial charge in [-0.2, -0.15) is 0 Å². The third-order valence-electron chi connectivity index (χ3n) is 1.90. The highest BCUT2D eigenvalue weighted by Crippen LogP contribution is 2.30. The first-order valence-electron chi connectivity index (χ1n) is 4.13. The topological polar surface area (TPSA) is 21.3 Å². The van der Waals surface area contributed by atoms with Crippen LogP contribution in [0.4, 0.5) is 14.5 Å². The van der Waals surface area contributed by atoms with Crippen molar-refractivity contribution in [1.82, 2.24) is 0 Å². The number of nitrogens with one attached hydrogen (secondary N) is 1. The molecular formula is C9H9F2NO. The van der Waals surface area contributed by atoms with Crippen LogP contribution in [0.5, 0.6) is 5.75 Å². The highest BCUT2D eigenvalue weighted by atomic mass is 19.1. The Morgan fingerprint density at radius 1 is 1.31 bits per heavy atom. The van der Waals surface area contributed by atoms with E-state index in [0.717, 1.165) is 12.5 Å². The quantitative estimate of drug-likeness (QED) is 0.668. The molecule has 0 aliphatic carbocycles. The van der Waals surface area contributed by atoms with Gasteiger partial charge in [-0.15, -0.1) is 0 Å². The van der Waals surface area contributed by atoms with Crippen molar-refractivity contribution < 1.29 is 13.5 Å². The first kappa shape index (κ1) is 8.29. The Morgan fingerprint density at radius 2 is 2.15 bits per heavy atom. The van der Waals surface area contributed by atoms with Gasteiger partial charge in [0.2, 0.25) is 0 Å². The molecule has 0 fully saturated rings. The predicted molar refractivity (Wildman–Crippen MR) is 45.0 cm³/mol. The van der Waals surface area contributed by atoms with E-state index in [0.29, 0.717) is 13.2 Å². The van der Waals surface area contributed by atoms with Gasteiger partial charge in [0.15, 0.2) is 5.82 Å². The Morgan fingerprint density at radius 3 is 3.00 bits per heavy atom. The molecule has 0 aromatic heterocycles. The van der Waals surface area contributed by atoms with Gasteiger partial charge in [-0.1, -0.05) is 0 Å². The highest BCUT2D eigenvalue weighted by molar-refractivity contribution is 5.58. The van der Waals surface area contributed by atoms with E-state index in [1.165, 1.54) is 6.07 Å². The second-order valence-corrected chi connectivity index (χ2v) is 2.89. The SMILES string of the molecule is Fc1cc(F)c2c(c1)OCCCN2. The number of rotatable bonds is 0. The minimum absolute atomic E-state index is 0.259. The molecule has 1 heterocycles. The summed E-state index contributed by atoms with van der Waals surface area (Å²) in [6.07, 6.45) is 0.787. The van der Waals surface area contributed by atoms with Crippen molar-refractivity contribution in [3.63, 3.8) is 0 Å². The molecule has 2 nitrogen and oxygen atoms in total. The molecule has 2 rings (SSSR count). The minimum Gasteiger partial charge on any atom is -0.491 e. The van der Waals surface area contributed by atoms with Gasteiger partial charge in [0.1, 0.15) is 17.3 Å². The summed E-state index contributed by atoms with van der Waals surface area (Å²) in [6, 6.07) is 2.04. The minimum atomic E-state index is -0.611. The zero-order valence-corrected chi connectivity index (χ0v) is 6.94. The van der Waals surface area contributed by atoms with Crippen LogP contribution in [0.15, 0.2) is 12.1 Å². The van der Waals surface area contributed by atoms with Gasteiger partial charge in [-0.05, 0) is 6.42 Å². The van der Waals surface area contributed by atoms with Gasteiger partial charge < -0.3 is 10.1 Å². The first-order valence-corrected chi connectivity index (χ1v) is 4.13. The fourth-order valence-corrected chi connectivity index (χ4v) is 1.30. The summed E-state index contributed by atoms with van der Waals surface area (Å²) in [5.41, 5.74) is 0.263. The number of anilines is 1. The maximum absolute atomic E-state index is 13.1.